The van der Waals surface area contributed by atoms with Crippen molar-refractivity contribution in [3.05, 3.63) is 36.0 Å². The standard InChI is InChI=1S/C21H26N4O6S/c1-15(26)31-21-18(29-2)11-16(12-19(21)30-3)13-23-24-20-8-7-17(14-22-20)32(27,28)25-9-5-4-6-10-25/h7-8,11-14H,4-6,9-10H2,1-3H3,(H,22,24)/b23-13+. The van der Waals surface area contributed by atoms with E-state index in [-0.39, 0.29) is 10.6 Å². The Morgan fingerprint density at radius 3 is 2.31 bits per heavy atom. The predicted molar refractivity (Wildman–Crippen MR) is 119 cm³/mol. The highest BCUT2D eigenvalue weighted by Crippen LogP contribution is 2.38. The Kier molecular flexibility index (Phi) is 7.65. The topological polar surface area (TPSA) is 119 Å². The molecule has 0 aliphatic carbocycles. The van der Waals surface area contributed by atoms with Crippen molar-refractivity contribution < 1.29 is 27.4 Å². The smallest absolute Gasteiger partial charge is 0.308 e. The third-order valence-corrected chi connectivity index (χ3v) is 6.69. The first kappa shape index (κ1) is 23.5. The number of piperidine rings is 1. The van der Waals surface area contributed by atoms with Gasteiger partial charge < -0.3 is 14.2 Å². The first-order valence-corrected chi connectivity index (χ1v) is 11.5. The van der Waals surface area contributed by atoms with Crippen LogP contribution in [-0.4, -0.2) is 57.2 Å². The third-order valence-electron chi connectivity index (χ3n) is 4.81. The Balaban J connectivity index is 1.71. The molecule has 0 bridgehead atoms. The maximum Gasteiger partial charge on any atom is 0.308 e. The van der Waals surface area contributed by atoms with Crippen LogP contribution in [0.4, 0.5) is 5.82 Å². The number of sulfonamides is 1. The normalized spacial score (nSPS) is 14.8. The van der Waals surface area contributed by atoms with Gasteiger partial charge in [-0.1, -0.05) is 6.42 Å². The molecule has 1 saturated heterocycles. The van der Waals surface area contributed by atoms with Crippen molar-refractivity contribution in [1.29, 1.82) is 0 Å². The quantitative estimate of drug-likeness (QED) is 0.275. The van der Waals surface area contributed by atoms with Gasteiger partial charge in [-0.15, -0.1) is 0 Å². The molecule has 1 N–H and O–H groups in total. The Labute approximate surface area is 187 Å². The Morgan fingerprint density at radius 2 is 1.78 bits per heavy atom. The average molecular weight is 463 g/mol. The zero-order chi connectivity index (χ0) is 23.1. The highest BCUT2D eigenvalue weighted by atomic mass is 32.2. The Morgan fingerprint density at radius 1 is 1.12 bits per heavy atom. The van der Waals surface area contributed by atoms with Crippen LogP contribution in [0.5, 0.6) is 17.2 Å². The van der Waals surface area contributed by atoms with E-state index in [1.165, 1.54) is 43.9 Å². The summed E-state index contributed by atoms with van der Waals surface area (Å²) in [5.41, 5.74) is 3.37. The van der Waals surface area contributed by atoms with Crippen LogP contribution < -0.4 is 19.6 Å². The van der Waals surface area contributed by atoms with Gasteiger partial charge in [0.1, 0.15) is 10.7 Å². The minimum absolute atomic E-state index is 0.157. The van der Waals surface area contributed by atoms with Crippen LogP contribution in [-0.2, 0) is 14.8 Å². The van der Waals surface area contributed by atoms with Crippen LogP contribution in [0.15, 0.2) is 40.5 Å². The van der Waals surface area contributed by atoms with Crippen LogP contribution in [0.3, 0.4) is 0 Å². The molecule has 0 atom stereocenters. The minimum Gasteiger partial charge on any atom is -0.493 e. The van der Waals surface area contributed by atoms with Crippen molar-refractivity contribution in [2.45, 2.75) is 31.1 Å². The third kappa shape index (κ3) is 5.54. The summed E-state index contributed by atoms with van der Waals surface area (Å²) >= 11 is 0. The van der Waals surface area contributed by atoms with Crippen LogP contribution >= 0.6 is 0 Å². The molecule has 11 heteroatoms. The van der Waals surface area contributed by atoms with Crippen LogP contribution in [0.2, 0.25) is 0 Å². The molecule has 10 nitrogen and oxygen atoms in total. The number of rotatable bonds is 8. The molecule has 172 valence electrons. The lowest BCUT2D eigenvalue weighted by molar-refractivity contribution is -0.132. The molecule has 2 heterocycles. The highest BCUT2D eigenvalue weighted by molar-refractivity contribution is 7.89. The summed E-state index contributed by atoms with van der Waals surface area (Å²) in [6.07, 6.45) is 5.62. The molecule has 32 heavy (non-hydrogen) atoms. The average Bonchev–Trinajstić information content (AvgIpc) is 2.80. The fourth-order valence-electron chi connectivity index (χ4n) is 3.25. The Hall–Kier alpha value is -3.18. The summed E-state index contributed by atoms with van der Waals surface area (Å²) in [5, 5.41) is 4.12. The van der Waals surface area contributed by atoms with Crippen molar-refractivity contribution in [2.24, 2.45) is 5.10 Å². The van der Waals surface area contributed by atoms with Gasteiger partial charge in [-0.2, -0.15) is 9.41 Å². The lowest BCUT2D eigenvalue weighted by atomic mass is 10.2. The summed E-state index contributed by atoms with van der Waals surface area (Å²) in [7, 11) is -0.632. The number of esters is 1. The van der Waals surface area contributed by atoms with Crippen molar-refractivity contribution in [2.75, 3.05) is 32.7 Å². The lowest BCUT2D eigenvalue weighted by Gasteiger charge is -2.25. The fraction of sp³-hybridized carbons (Fsp3) is 0.381. The lowest BCUT2D eigenvalue weighted by Crippen LogP contribution is -2.35. The van der Waals surface area contributed by atoms with E-state index in [1.54, 1.807) is 18.2 Å². The summed E-state index contributed by atoms with van der Waals surface area (Å²) in [5.74, 6) is 0.688. The Bertz CT molecular complexity index is 1050. The van der Waals surface area contributed by atoms with Crippen molar-refractivity contribution >= 4 is 28.0 Å². The highest BCUT2D eigenvalue weighted by Gasteiger charge is 2.26. The number of hydrazone groups is 1. The molecule has 0 radical (unpaired) electrons. The van der Waals surface area contributed by atoms with Gasteiger partial charge in [-0.3, -0.25) is 10.2 Å². The van der Waals surface area contributed by atoms with Crippen LogP contribution in [0.25, 0.3) is 0 Å². The molecule has 1 aromatic heterocycles. The van der Waals surface area contributed by atoms with Gasteiger partial charge in [-0.25, -0.2) is 13.4 Å². The second-order valence-corrected chi connectivity index (χ2v) is 9.00. The number of hydrogen-bond acceptors (Lipinski definition) is 9. The van der Waals surface area contributed by atoms with E-state index in [9.17, 15) is 13.2 Å². The van der Waals surface area contributed by atoms with E-state index in [1.807, 2.05) is 0 Å². The summed E-state index contributed by atoms with van der Waals surface area (Å²) in [6, 6.07) is 6.33. The van der Waals surface area contributed by atoms with E-state index in [2.05, 4.69) is 15.5 Å². The summed E-state index contributed by atoms with van der Waals surface area (Å²) < 4.78 is 42.6. The monoisotopic (exact) mass is 462 g/mol. The van der Waals surface area contributed by atoms with Crippen LogP contribution in [0, 0.1) is 0 Å². The molecule has 1 aliphatic heterocycles. The number of hydrogen-bond donors (Lipinski definition) is 1. The molecular weight excluding hydrogens is 436 g/mol. The van der Waals surface area contributed by atoms with Gasteiger partial charge >= 0.3 is 5.97 Å². The van der Waals surface area contributed by atoms with Gasteiger partial charge in [0.15, 0.2) is 11.5 Å². The zero-order valence-corrected chi connectivity index (χ0v) is 19.0. The molecule has 1 aromatic carbocycles. The number of nitrogens with one attached hydrogen (secondary N) is 1. The first-order valence-electron chi connectivity index (χ1n) is 10.0. The number of nitrogens with zero attached hydrogens (tertiary/aromatic N) is 3. The molecule has 1 fully saturated rings. The van der Waals surface area contributed by atoms with Gasteiger partial charge in [-0.05, 0) is 37.1 Å². The van der Waals surface area contributed by atoms with Crippen LogP contribution in [0.1, 0.15) is 31.7 Å². The number of carbonyl (C=O) groups excluding carboxylic acids is 1. The van der Waals surface area contributed by atoms with Gasteiger partial charge in [0.2, 0.25) is 15.8 Å². The first-order chi connectivity index (χ1) is 15.3. The molecular formula is C21H26N4O6S. The maximum absolute atomic E-state index is 12.7. The SMILES string of the molecule is COc1cc(/C=N/Nc2ccc(S(=O)(=O)N3CCCCC3)cn2)cc(OC)c1OC(C)=O. The molecule has 0 unspecified atom stereocenters. The van der Waals surface area contributed by atoms with E-state index >= 15 is 0 Å². The van der Waals surface area contributed by atoms with Gasteiger partial charge in [0, 0.05) is 31.8 Å². The molecule has 2 aromatic rings. The number of ether oxygens (including phenoxy) is 3. The van der Waals surface area contributed by atoms with E-state index < -0.39 is 16.0 Å². The number of aromatic nitrogens is 1. The number of carbonyl (C=O) groups is 1. The molecule has 0 amide bonds. The molecule has 3 rings (SSSR count). The van der Waals surface area contributed by atoms with Crippen molar-refractivity contribution in [3.63, 3.8) is 0 Å². The van der Waals surface area contributed by atoms with Gasteiger partial charge in [0.25, 0.3) is 0 Å². The van der Waals surface area contributed by atoms with Crippen molar-refractivity contribution in [3.8, 4) is 17.2 Å². The summed E-state index contributed by atoms with van der Waals surface area (Å²) in [6.45, 7) is 2.36. The van der Waals surface area contributed by atoms with E-state index in [0.717, 1.165) is 19.3 Å². The van der Waals surface area contributed by atoms with E-state index in [0.29, 0.717) is 36.0 Å². The number of methoxy groups -OCH3 is 2. The number of pyridine rings is 1. The number of anilines is 1. The number of benzene rings is 1. The second kappa shape index (κ2) is 10.4. The van der Waals surface area contributed by atoms with Gasteiger partial charge in [0.05, 0.1) is 20.4 Å². The van der Waals surface area contributed by atoms with Crippen molar-refractivity contribution in [1.82, 2.24) is 9.29 Å². The van der Waals surface area contributed by atoms with E-state index in [4.69, 9.17) is 14.2 Å². The maximum atomic E-state index is 12.7. The predicted octanol–water partition coefficient (Wildman–Crippen LogP) is 2.64. The summed E-state index contributed by atoms with van der Waals surface area (Å²) in [4.78, 5) is 15.6. The second-order valence-electron chi connectivity index (χ2n) is 7.06. The largest absolute Gasteiger partial charge is 0.493 e. The minimum atomic E-state index is -3.53. The zero-order valence-electron chi connectivity index (χ0n) is 18.2. The molecule has 0 saturated carbocycles. The molecule has 0 spiro atoms. The fourth-order valence-corrected chi connectivity index (χ4v) is 4.71. The molecule has 1 aliphatic rings.